The molecule has 17 heteroatoms. The summed E-state index contributed by atoms with van der Waals surface area (Å²) in [6, 6.07) is 3.44. The Morgan fingerprint density at radius 3 is 2.35 bits per heavy atom. The first-order valence-electron chi connectivity index (χ1n) is 19.1. The summed E-state index contributed by atoms with van der Waals surface area (Å²) < 4.78 is 56.0. The summed E-state index contributed by atoms with van der Waals surface area (Å²) in [7, 11) is -3.62. The Balaban J connectivity index is 0.993. The van der Waals surface area contributed by atoms with E-state index in [1.54, 1.807) is 30.0 Å². The van der Waals surface area contributed by atoms with E-state index >= 15 is 0 Å². The number of rotatable bonds is 11. The summed E-state index contributed by atoms with van der Waals surface area (Å²) in [4.78, 5) is 36.5. The van der Waals surface area contributed by atoms with Gasteiger partial charge in [0.15, 0.2) is 5.82 Å². The Labute approximate surface area is 318 Å². The molecule has 5 heterocycles. The highest BCUT2D eigenvalue weighted by atomic mass is 32.2. The summed E-state index contributed by atoms with van der Waals surface area (Å²) in [6.45, 7) is 18.9. The van der Waals surface area contributed by atoms with Crippen LogP contribution in [-0.4, -0.2) is 137 Å². The molecule has 4 aliphatic rings. The van der Waals surface area contributed by atoms with E-state index in [2.05, 4.69) is 30.3 Å². The molecular formula is C37H56FN9O6S. The Bertz CT molecular complexity index is 1770. The molecule has 2 atom stereocenters. The monoisotopic (exact) mass is 773 g/mol. The molecule has 1 spiro atoms. The summed E-state index contributed by atoms with van der Waals surface area (Å²) in [5, 5.41) is 11.0. The number of nitrogens with one attached hydrogen (secondary N) is 1. The van der Waals surface area contributed by atoms with Gasteiger partial charge in [0.1, 0.15) is 23.5 Å². The molecule has 4 saturated heterocycles. The molecule has 2 amide bonds. The maximum Gasteiger partial charge on any atom is 0.407 e. The lowest BCUT2D eigenvalue weighted by Gasteiger charge is -2.54. The molecule has 0 saturated carbocycles. The number of amides is 2. The largest absolute Gasteiger partial charge is 0.444 e. The van der Waals surface area contributed by atoms with Gasteiger partial charge in [0.2, 0.25) is 0 Å². The summed E-state index contributed by atoms with van der Waals surface area (Å²) >= 11 is 0. The van der Waals surface area contributed by atoms with Gasteiger partial charge in [-0.1, -0.05) is 0 Å². The fraction of sp³-hybridized carbons (Fsp3) is 0.703. The third-order valence-corrected chi connectivity index (χ3v) is 12.8. The first-order valence-corrected chi connectivity index (χ1v) is 20.5. The van der Waals surface area contributed by atoms with Gasteiger partial charge in [-0.15, -0.1) is 10.2 Å². The second-order valence-electron chi connectivity index (χ2n) is 16.9. The third kappa shape index (κ3) is 9.06. The number of piperidine rings is 1. The van der Waals surface area contributed by atoms with Crippen LogP contribution in [0.5, 0.6) is 11.6 Å². The maximum atomic E-state index is 14.4. The van der Waals surface area contributed by atoms with Gasteiger partial charge in [-0.2, -0.15) is 17.0 Å². The lowest BCUT2D eigenvalue weighted by atomic mass is 9.72. The molecule has 0 aliphatic carbocycles. The minimum atomic E-state index is -3.62. The minimum absolute atomic E-state index is 0.0964. The quantitative estimate of drug-likeness (QED) is 0.351. The maximum absolute atomic E-state index is 14.4. The molecule has 54 heavy (non-hydrogen) atoms. The van der Waals surface area contributed by atoms with Crippen LogP contribution in [0, 0.1) is 17.2 Å². The molecule has 4 aliphatic heterocycles. The molecule has 1 aromatic heterocycles. The van der Waals surface area contributed by atoms with Crippen molar-refractivity contribution in [1.82, 2.24) is 38.9 Å². The van der Waals surface area contributed by atoms with E-state index in [9.17, 15) is 22.4 Å². The van der Waals surface area contributed by atoms with Gasteiger partial charge >= 0.3 is 6.09 Å². The highest BCUT2D eigenvalue weighted by Crippen LogP contribution is 2.45. The predicted octanol–water partition coefficient (Wildman–Crippen LogP) is 4.13. The zero-order chi connectivity index (χ0) is 39.0. The zero-order valence-electron chi connectivity index (χ0n) is 32.6. The number of hydrogen-bond acceptors (Lipinski definition) is 11. The van der Waals surface area contributed by atoms with Gasteiger partial charge in [-0.05, 0) is 111 Å². The Hall–Kier alpha value is -3.67. The topological polar surface area (TPSA) is 154 Å². The minimum Gasteiger partial charge on any atom is -0.444 e. The van der Waals surface area contributed by atoms with Gasteiger partial charge in [0.05, 0.1) is 5.56 Å². The standard InChI is InChI=1S/C37H56FN9O6S/c1-25(2)47(26(3)4)34(48)30-18-28(38)8-9-31(30)52-33-32(39-24-40-42-33)44-22-37(23-44)12-16-43(17-13-37)19-27-10-14-45(20-27)54(50,51)46-15-11-29(21-46)41-35(49)53-36(5,6)7/h8-9,18,24-27,29H,10-17,19-23H2,1-7H3,(H,41,49)/t27-,29+/m0/s1. The van der Waals surface area contributed by atoms with Crippen molar-refractivity contribution < 1.29 is 31.9 Å². The van der Waals surface area contributed by atoms with Crippen LogP contribution in [0.1, 0.15) is 84.5 Å². The number of hydrogen-bond donors (Lipinski definition) is 1. The highest BCUT2D eigenvalue weighted by molar-refractivity contribution is 7.86. The van der Waals surface area contributed by atoms with Crippen molar-refractivity contribution in [3.8, 4) is 11.6 Å². The summed E-state index contributed by atoms with van der Waals surface area (Å²) in [6.07, 6.45) is 4.23. The van der Waals surface area contributed by atoms with Crippen molar-refractivity contribution in [1.29, 1.82) is 0 Å². The van der Waals surface area contributed by atoms with E-state index in [-0.39, 0.29) is 59.1 Å². The average Bonchev–Trinajstić information content (AvgIpc) is 3.75. The predicted molar refractivity (Wildman–Crippen MR) is 201 cm³/mol. The van der Waals surface area contributed by atoms with Crippen LogP contribution in [0.25, 0.3) is 0 Å². The van der Waals surface area contributed by atoms with Gasteiger partial charge < -0.3 is 29.5 Å². The molecular weight excluding hydrogens is 718 g/mol. The molecule has 298 valence electrons. The average molecular weight is 774 g/mol. The van der Waals surface area contributed by atoms with Crippen molar-refractivity contribution in [2.45, 2.75) is 97.9 Å². The van der Waals surface area contributed by atoms with Gasteiger partial charge in [-0.25, -0.2) is 14.2 Å². The Kier molecular flexibility index (Phi) is 11.7. The second kappa shape index (κ2) is 15.8. The summed E-state index contributed by atoms with van der Waals surface area (Å²) in [5.74, 6) is 0.279. The van der Waals surface area contributed by atoms with Crippen LogP contribution in [0.3, 0.4) is 0 Å². The van der Waals surface area contributed by atoms with Crippen molar-refractivity contribution in [2.24, 2.45) is 11.3 Å². The number of aromatic nitrogens is 3. The smallest absolute Gasteiger partial charge is 0.407 e. The molecule has 1 aromatic carbocycles. The van der Waals surface area contributed by atoms with E-state index in [1.165, 1.54) is 28.8 Å². The second-order valence-corrected chi connectivity index (χ2v) is 18.8. The molecule has 6 rings (SSSR count). The van der Waals surface area contributed by atoms with Crippen LogP contribution in [-0.2, 0) is 14.9 Å². The van der Waals surface area contributed by atoms with E-state index < -0.39 is 27.7 Å². The van der Waals surface area contributed by atoms with Crippen LogP contribution >= 0.6 is 0 Å². The highest BCUT2D eigenvalue weighted by Gasteiger charge is 2.47. The Morgan fingerprint density at radius 1 is 1.02 bits per heavy atom. The SMILES string of the molecule is CC(C)N(C(=O)c1cc(F)ccc1Oc1nncnc1N1CC2(CCN(C[C@@H]3CCN(S(=O)(=O)N4CC[C@@H](NC(=O)OC(C)(C)C)C4)C3)CC2)C1)C(C)C. The molecule has 0 radical (unpaired) electrons. The number of ether oxygens (including phenoxy) is 2. The van der Waals surface area contributed by atoms with E-state index in [1.807, 2.05) is 27.7 Å². The Morgan fingerprint density at radius 2 is 1.69 bits per heavy atom. The molecule has 0 unspecified atom stereocenters. The lowest BCUT2D eigenvalue weighted by molar-refractivity contribution is 0.0506. The normalized spacial score (nSPS) is 22.5. The van der Waals surface area contributed by atoms with E-state index in [4.69, 9.17) is 9.47 Å². The number of benzene rings is 1. The van der Waals surface area contributed by atoms with Gasteiger partial charge in [-0.3, -0.25) is 4.79 Å². The van der Waals surface area contributed by atoms with Crippen LogP contribution in [0.15, 0.2) is 24.5 Å². The number of halogens is 1. The number of nitrogens with zero attached hydrogens (tertiary/aromatic N) is 8. The number of alkyl carbamates (subject to hydrolysis) is 1. The fourth-order valence-corrected chi connectivity index (χ4v) is 10.0. The van der Waals surface area contributed by atoms with Crippen molar-refractivity contribution in [3.63, 3.8) is 0 Å². The van der Waals surface area contributed by atoms with Crippen molar-refractivity contribution in [3.05, 3.63) is 35.9 Å². The number of anilines is 1. The van der Waals surface area contributed by atoms with Gasteiger partial charge in [0.25, 0.3) is 22.0 Å². The fourth-order valence-electron chi connectivity index (χ4n) is 8.26. The zero-order valence-corrected chi connectivity index (χ0v) is 33.4. The lowest BCUT2D eigenvalue weighted by Crippen LogP contribution is -2.61. The van der Waals surface area contributed by atoms with E-state index in [0.717, 1.165) is 52.0 Å². The number of likely N-dealkylation sites (tertiary alicyclic amines) is 1. The van der Waals surface area contributed by atoms with E-state index in [0.29, 0.717) is 31.9 Å². The van der Waals surface area contributed by atoms with Crippen LogP contribution in [0.2, 0.25) is 0 Å². The first-order chi connectivity index (χ1) is 25.4. The van der Waals surface area contributed by atoms with Crippen molar-refractivity contribution >= 4 is 28.0 Å². The number of carbonyl (C=O) groups is 2. The van der Waals surface area contributed by atoms with Crippen molar-refractivity contribution in [2.75, 3.05) is 63.8 Å². The van der Waals surface area contributed by atoms with Crippen LogP contribution < -0.4 is 15.0 Å². The first kappa shape index (κ1) is 40.0. The summed E-state index contributed by atoms with van der Waals surface area (Å²) in [5.41, 5.74) is -0.385. The molecule has 1 N–H and O–H groups in total. The molecule has 2 aromatic rings. The molecule has 4 fully saturated rings. The van der Waals surface area contributed by atoms with Crippen LogP contribution in [0.4, 0.5) is 15.0 Å². The molecule has 0 bridgehead atoms. The number of carbonyl (C=O) groups excluding carboxylic acids is 2. The molecule has 15 nitrogen and oxygen atoms in total. The third-order valence-electron chi connectivity index (χ3n) is 10.9. The van der Waals surface area contributed by atoms with Gasteiger partial charge in [0, 0.05) is 69.4 Å².